The predicted molar refractivity (Wildman–Crippen MR) is 98.5 cm³/mol. The van der Waals surface area contributed by atoms with Crippen LogP contribution in [-0.2, 0) is 9.53 Å². The van der Waals surface area contributed by atoms with Crippen molar-refractivity contribution in [3.05, 3.63) is 29.8 Å². The fraction of sp³-hybridized carbons (Fsp3) is 0.550. The summed E-state index contributed by atoms with van der Waals surface area (Å²) in [7, 11) is 3.14. The molecular weight excluding hydrogens is 302 g/mol. The van der Waals surface area contributed by atoms with E-state index in [1.54, 1.807) is 7.11 Å². The second-order valence-electron chi connectivity index (χ2n) is 6.89. The van der Waals surface area contributed by atoms with Gasteiger partial charge in [-0.25, -0.2) is 4.79 Å². The van der Waals surface area contributed by atoms with Crippen molar-refractivity contribution in [1.82, 2.24) is 0 Å². The molecule has 0 amide bonds. The Labute approximate surface area is 145 Å². The number of ether oxygens (including phenoxy) is 2. The summed E-state index contributed by atoms with van der Waals surface area (Å²) in [5, 5.41) is 0. The molecule has 2 rings (SSSR count). The first kappa shape index (κ1) is 18.4. The standard InChI is InChI=1S/C20H29NO3/c1-7-8-11-16(19(22)24-6)21-18-15(10-9-12-17(18)23-5)14(2)13-20(21,3)4/h9-10,12-13,16H,7-8,11H2,1-6H3/t16-/m0/s1. The number of rotatable bonds is 6. The molecule has 0 saturated heterocycles. The van der Waals surface area contributed by atoms with E-state index in [1.807, 2.05) is 12.1 Å². The molecule has 4 nitrogen and oxygen atoms in total. The molecule has 1 aromatic rings. The molecule has 4 heteroatoms. The number of esters is 1. The Morgan fingerprint density at radius 1 is 1.29 bits per heavy atom. The molecule has 0 saturated carbocycles. The normalized spacial score (nSPS) is 16.9. The number of hydrogen-bond donors (Lipinski definition) is 0. The first-order chi connectivity index (χ1) is 11.4. The Kier molecular flexibility index (Phi) is 5.58. The van der Waals surface area contributed by atoms with Crippen LogP contribution in [0.25, 0.3) is 5.57 Å². The summed E-state index contributed by atoms with van der Waals surface area (Å²) in [6.07, 6.45) is 4.99. The summed E-state index contributed by atoms with van der Waals surface area (Å²) in [5.41, 5.74) is 2.98. The maximum atomic E-state index is 12.6. The Balaban J connectivity index is 2.64. The SMILES string of the molecule is CCCC[C@@H](C(=O)OC)N1c2c(OC)cccc2C(C)=CC1(C)C. The van der Waals surface area contributed by atoms with E-state index in [2.05, 4.69) is 44.7 Å². The van der Waals surface area contributed by atoms with Crippen LogP contribution in [-0.4, -0.2) is 31.8 Å². The number of benzene rings is 1. The predicted octanol–water partition coefficient (Wildman–Crippen LogP) is 4.43. The van der Waals surface area contributed by atoms with Crippen molar-refractivity contribution in [1.29, 1.82) is 0 Å². The molecule has 0 aromatic heterocycles. The third-order valence-corrected chi connectivity index (χ3v) is 4.69. The molecule has 132 valence electrons. The van der Waals surface area contributed by atoms with Crippen LogP contribution in [0, 0.1) is 0 Å². The minimum atomic E-state index is -0.329. The van der Waals surface area contributed by atoms with Gasteiger partial charge in [0, 0.05) is 5.56 Å². The highest BCUT2D eigenvalue weighted by Gasteiger charge is 2.41. The lowest BCUT2D eigenvalue weighted by atomic mass is 9.86. The minimum Gasteiger partial charge on any atom is -0.495 e. The lowest BCUT2D eigenvalue weighted by molar-refractivity contribution is -0.142. The molecule has 1 heterocycles. The van der Waals surface area contributed by atoms with E-state index < -0.39 is 0 Å². The highest BCUT2D eigenvalue weighted by molar-refractivity contribution is 5.89. The van der Waals surface area contributed by atoms with E-state index in [-0.39, 0.29) is 17.6 Å². The molecular formula is C20H29NO3. The molecule has 0 fully saturated rings. The Hall–Kier alpha value is -1.97. The summed E-state index contributed by atoms with van der Waals surface area (Å²) in [4.78, 5) is 14.7. The summed E-state index contributed by atoms with van der Waals surface area (Å²) in [6, 6.07) is 5.70. The van der Waals surface area contributed by atoms with Gasteiger partial charge in [-0.3, -0.25) is 0 Å². The van der Waals surface area contributed by atoms with E-state index in [0.717, 1.165) is 36.3 Å². The highest BCUT2D eigenvalue weighted by atomic mass is 16.5. The van der Waals surface area contributed by atoms with Crippen molar-refractivity contribution in [3.8, 4) is 5.75 Å². The van der Waals surface area contributed by atoms with Gasteiger partial charge in [0.05, 0.1) is 25.4 Å². The van der Waals surface area contributed by atoms with Crippen LogP contribution in [0.2, 0.25) is 0 Å². The van der Waals surface area contributed by atoms with Gasteiger partial charge in [-0.2, -0.15) is 0 Å². The molecule has 1 aliphatic rings. The third-order valence-electron chi connectivity index (χ3n) is 4.69. The van der Waals surface area contributed by atoms with Gasteiger partial charge in [-0.1, -0.05) is 38.0 Å². The number of allylic oxidation sites excluding steroid dienone is 1. The number of anilines is 1. The first-order valence-electron chi connectivity index (χ1n) is 8.61. The number of unbranched alkanes of at least 4 members (excludes halogenated alkanes) is 1. The molecule has 0 aliphatic carbocycles. The summed E-state index contributed by atoms with van der Waals surface area (Å²) >= 11 is 0. The molecule has 24 heavy (non-hydrogen) atoms. The average molecular weight is 331 g/mol. The Morgan fingerprint density at radius 3 is 2.58 bits per heavy atom. The topological polar surface area (TPSA) is 38.8 Å². The fourth-order valence-corrected chi connectivity index (χ4v) is 3.66. The Bertz CT molecular complexity index is 634. The number of para-hydroxylation sites is 1. The molecule has 0 bridgehead atoms. The number of carbonyl (C=O) groups is 1. The number of methoxy groups -OCH3 is 2. The van der Waals surface area contributed by atoms with E-state index in [0.29, 0.717) is 0 Å². The zero-order valence-electron chi connectivity index (χ0n) is 15.7. The van der Waals surface area contributed by atoms with E-state index in [9.17, 15) is 4.79 Å². The molecule has 0 radical (unpaired) electrons. The van der Waals surface area contributed by atoms with Gasteiger partial charge in [0.1, 0.15) is 11.8 Å². The maximum Gasteiger partial charge on any atom is 0.328 e. The van der Waals surface area contributed by atoms with Gasteiger partial charge < -0.3 is 14.4 Å². The second kappa shape index (κ2) is 7.29. The van der Waals surface area contributed by atoms with Crippen LogP contribution in [0.1, 0.15) is 52.5 Å². The molecule has 1 aliphatic heterocycles. The summed E-state index contributed by atoms with van der Waals surface area (Å²) in [5.74, 6) is 0.597. The van der Waals surface area contributed by atoms with Crippen molar-refractivity contribution in [2.24, 2.45) is 0 Å². The summed E-state index contributed by atoms with van der Waals surface area (Å²) in [6.45, 7) is 8.51. The molecule has 0 unspecified atom stereocenters. The van der Waals surface area contributed by atoms with Gasteiger partial charge in [0.2, 0.25) is 0 Å². The zero-order valence-corrected chi connectivity index (χ0v) is 15.7. The van der Waals surface area contributed by atoms with Crippen LogP contribution in [0.15, 0.2) is 24.3 Å². The minimum absolute atomic E-state index is 0.193. The lowest BCUT2D eigenvalue weighted by Crippen LogP contribution is -2.54. The van der Waals surface area contributed by atoms with E-state index >= 15 is 0 Å². The maximum absolute atomic E-state index is 12.6. The lowest BCUT2D eigenvalue weighted by Gasteiger charge is -2.47. The molecule has 1 aromatic carbocycles. The van der Waals surface area contributed by atoms with Gasteiger partial charge in [-0.05, 0) is 38.8 Å². The van der Waals surface area contributed by atoms with Crippen LogP contribution in [0.5, 0.6) is 5.75 Å². The number of nitrogens with zero attached hydrogens (tertiary/aromatic N) is 1. The fourth-order valence-electron chi connectivity index (χ4n) is 3.66. The van der Waals surface area contributed by atoms with Crippen molar-refractivity contribution in [3.63, 3.8) is 0 Å². The monoisotopic (exact) mass is 331 g/mol. The van der Waals surface area contributed by atoms with Crippen LogP contribution < -0.4 is 9.64 Å². The van der Waals surface area contributed by atoms with Crippen molar-refractivity contribution in [2.75, 3.05) is 19.1 Å². The molecule has 0 spiro atoms. The Morgan fingerprint density at radius 2 is 2.00 bits per heavy atom. The van der Waals surface area contributed by atoms with Gasteiger partial charge in [0.25, 0.3) is 0 Å². The molecule has 0 N–H and O–H groups in total. The van der Waals surface area contributed by atoms with Crippen molar-refractivity contribution < 1.29 is 14.3 Å². The van der Waals surface area contributed by atoms with Crippen LogP contribution in [0.4, 0.5) is 5.69 Å². The zero-order chi connectivity index (χ0) is 17.9. The van der Waals surface area contributed by atoms with Gasteiger partial charge >= 0.3 is 5.97 Å². The largest absolute Gasteiger partial charge is 0.495 e. The number of hydrogen-bond acceptors (Lipinski definition) is 4. The van der Waals surface area contributed by atoms with Crippen molar-refractivity contribution >= 4 is 17.2 Å². The quantitative estimate of drug-likeness (QED) is 0.723. The van der Waals surface area contributed by atoms with Crippen molar-refractivity contribution in [2.45, 2.75) is 58.5 Å². The van der Waals surface area contributed by atoms with Gasteiger partial charge in [-0.15, -0.1) is 0 Å². The van der Waals surface area contributed by atoms with E-state index in [1.165, 1.54) is 12.7 Å². The van der Waals surface area contributed by atoms with Crippen LogP contribution >= 0.6 is 0 Å². The number of fused-ring (bicyclic) bond motifs is 1. The van der Waals surface area contributed by atoms with Crippen LogP contribution in [0.3, 0.4) is 0 Å². The summed E-state index contributed by atoms with van der Waals surface area (Å²) < 4.78 is 10.8. The molecule has 1 atom stereocenters. The van der Waals surface area contributed by atoms with E-state index in [4.69, 9.17) is 9.47 Å². The van der Waals surface area contributed by atoms with Gasteiger partial charge in [0.15, 0.2) is 0 Å². The third kappa shape index (κ3) is 3.28. The number of carbonyl (C=O) groups excluding carboxylic acids is 1. The highest BCUT2D eigenvalue weighted by Crippen LogP contribution is 2.46. The first-order valence-corrected chi connectivity index (χ1v) is 8.61. The smallest absolute Gasteiger partial charge is 0.328 e. The average Bonchev–Trinajstić information content (AvgIpc) is 2.55. The second-order valence-corrected chi connectivity index (χ2v) is 6.89.